The molecule has 0 aliphatic carbocycles. The van der Waals surface area contributed by atoms with E-state index < -0.39 is 0 Å². The number of halogens is 1. The highest BCUT2D eigenvalue weighted by Gasteiger charge is 2.11. The van der Waals surface area contributed by atoms with Gasteiger partial charge in [-0.3, -0.25) is 0 Å². The third kappa shape index (κ3) is 3.70. The largest absolute Gasteiger partial charge is 0.496 e. The van der Waals surface area contributed by atoms with Gasteiger partial charge in [0.25, 0.3) is 0 Å². The topological polar surface area (TPSA) is 24.5 Å². The van der Waals surface area contributed by atoms with Gasteiger partial charge in [-0.15, -0.1) is 0 Å². The molecular formula is C17H21BrN2O. The van der Waals surface area contributed by atoms with E-state index in [1.165, 1.54) is 11.3 Å². The van der Waals surface area contributed by atoms with E-state index >= 15 is 0 Å². The molecule has 0 bridgehead atoms. The van der Waals surface area contributed by atoms with Crippen molar-refractivity contribution in [3.63, 3.8) is 0 Å². The average Bonchev–Trinajstić information content (AvgIpc) is 2.47. The Hall–Kier alpha value is -1.68. The first kappa shape index (κ1) is 15.7. The predicted molar refractivity (Wildman–Crippen MR) is 93.5 cm³/mol. The summed E-state index contributed by atoms with van der Waals surface area (Å²) in [6, 6.07) is 14.7. The number of benzene rings is 2. The summed E-state index contributed by atoms with van der Waals surface area (Å²) in [4.78, 5) is 2.11. The zero-order valence-corrected chi connectivity index (χ0v) is 14.4. The third-order valence-corrected chi connectivity index (χ3v) is 4.05. The van der Waals surface area contributed by atoms with Crippen molar-refractivity contribution in [2.75, 3.05) is 31.4 Å². The Morgan fingerprint density at radius 3 is 2.48 bits per heavy atom. The number of methoxy groups -OCH3 is 1. The molecule has 2 aromatic rings. The van der Waals surface area contributed by atoms with E-state index in [-0.39, 0.29) is 6.04 Å². The molecule has 0 fully saturated rings. The molecule has 112 valence electrons. The van der Waals surface area contributed by atoms with Crippen LogP contribution in [0.4, 0.5) is 11.4 Å². The molecule has 0 amide bonds. The normalized spacial score (nSPS) is 11.9. The number of anilines is 2. The van der Waals surface area contributed by atoms with Crippen molar-refractivity contribution in [3.8, 4) is 5.75 Å². The van der Waals surface area contributed by atoms with Crippen LogP contribution in [0.25, 0.3) is 0 Å². The summed E-state index contributed by atoms with van der Waals surface area (Å²) in [7, 11) is 5.78. The summed E-state index contributed by atoms with van der Waals surface area (Å²) in [5.41, 5.74) is 3.51. The van der Waals surface area contributed by atoms with E-state index in [0.29, 0.717) is 0 Å². The van der Waals surface area contributed by atoms with Crippen LogP contribution in [0, 0.1) is 0 Å². The maximum atomic E-state index is 5.27. The Balaban J connectivity index is 2.22. The smallest absolute Gasteiger partial charge is 0.133 e. The SMILES string of the molecule is COc1ccc(C(C)Nc2ccccc2N(C)C)cc1Br. The lowest BCUT2D eigenvalue weighted by Gasteiger charge is -2.22. The van der Waals surface area contributed by atoms with Crippen molar-refractivity contribution in [1.29, 1.82) is 0 Å². The van der Waals surface area contributed by atoms with Crippen LogP contribution in [0.5, 0.6) is 5.75 Å². The minimum Gasteiger partial charge on any atom is -0.496 e. The second-order valence-electron chi connectivity index (χ2n) is 5.17. The number of hydrogen-bond acceptors (Lipinski definition) is 3. The number of para-hydroxylation sites is 2. The van der Waals surface area contributed by atoms with Gasteiger partial charge in [0.2, 0.25) is 0 Å². The first-order valence-corrected chi connectivity index (χ1v) is 7.68. The number of ether oxygens (including phenoxy) is 1. The fourth-order valence-corrected chi connectivity index (χ4v) is 2.81. The van der Waals surface area contributed by atoms with Crippen molar-refractivity contribution < 1.29 is 4.74 Å². The lowest BCUT2D eigenvalue weighted by Crippen LogP contribution is -2.14. The second kappa shape index (κ2) is 6.85. The Morgan fingerprint density at radius 1 is 1.14 bits per heavy atom. The summed E-state index contributed by atoms with van der Waals surface area (Å²) in [5, 5.41) is 3.57. The minimum absolute atomic E-state index is 0.202. The van der Waals surface area contributed by atoms with Crippen molar-refractivity contribution in [1.82, 2.24) is 0 Å². The molecule has 0 saturated carbocycles. The quantitative estimate of drug-likeness (QED) is 0.847. The van der Waals surface area contributed by atoms with E-state index in [1.807, 2.05) is 12.1 Å². The molecule has 21 heavy (non-hydrogen) atoms. The van der Waals surface area contributed by atoms with Crippen LogP contribution in [0.15, 0.2) is 46.9 Å². The van der Waals surface area contributed by atoms with Gasteiger partial charge in [0.15, 0.2) is 0 Å². The van der Waals surface area contributed by atoms with Gasteiger partial charge in [-0.2, -0.15) is 0 Å². The van der Waals surface area contributed by atoms with Gasteiger partial charge >= 0.3 is 0 Å². The minimum atomic E-state index is 0.202. The van der Waals surface area contributed by atoms with E-state index in [1.54, 1.807) is 7.11 Å². The van der Waals surface area contributed by atoms with Gasteiger partial charge in [0.05, 0.1) is 23.0 Å². The third-order valence-electron chi connectivity index (χ3n) is 3.43. The second-order valence-corrected chi connectivity index (χ2v) is 6.03. The molecule has 0 aliphatic heterocycles. The highest BCUT2D eigenvalue weighted by molar-refractivity contribution is 9.10. The van der Waals surface area contributed by atoms with Gasteiger partial charge in [-0.1, -0.05) is 18.2 Å². The van der Waals surface area contributed by atoms with Gasteiger partial charge in [0.1, 0.15) is 5.75 Å². The standard InChI is InChI=1S/C17H21BrN2O/c1-12(13-9-10-17(21-4)14(18)11-13)19-15-7-5-6-8-16(15)20(2)3/h5-12,19H,1-4H3. The molecule has 0 aliphatic rings. The summed E-state index contributed by atoms with van der Waals surface area (Å²) in [6.07, 6.45) is 0. The molecule has 2 rings (SSSR count). The zero-order chi connectivity index (χ0) is 15.4. The maximum absolute atomic E-state index is 5.27. The number of nitrogens with one attached hydrogen (secondary N) is 1. The van der Waals surface area contributed by atoms with Crippen LogP contribution in [-0.2, 0) is 0 Å². The van der Waals surface area contributed by atoms with Crippen LogP contribution >= 0.6 is 15.9 Å². The molecule has 1 atom stereocenters. The lowest BCUT2D eigenvalue weighted by atomic mass is 10.1. The molecule has 1 N–H and O–H groups in total. The van der Waals surface area contributed by atoms with Crippen LogP contribution in [0.2, 0.25) is 0 Å². The van der Waals surface area contributed by atoms with Crippen LogP contribution in [0.3, 0.4) is 0 Å². The zero-order valence-electron chi connectivity index (χ0n) is 12.9. The van der Waals surface area contributed by atoms with Crippen LogP contribution in [-0.4, -0.2) is 21.2 Å². The molecule has 4 heteroatoms. The Morgan fingerprint density at radius 2 is 1.86 bits per heavy atom. The van der Waals surface area contributed by atoms with Crippen molar-refractivity contribution in [2.45, 2.75) is 13.0 Å². The highest BCUT2D eigenvalue weighted by atomic mass is 79.9. The Labute approximate surface area is 135 Å². The molecular weight excluding hydrogens is 328 g/mol. The van der Waals surface area contributed by atoms with Crippen molar-refractivity contribution >= 4 is 27.3 Å². The molecule has 2 aromatic carbocycles. The number of hydrogen-bond donors (Lipinski definition) is 1. The molecule has 0 radical (unpaired) electrons. The predicted octanol–water partition coefficient (Wildman–Crippen LogP) is 4.70. The molecule has 0 heterocycles. The fraction of sp³-hybridized carbons (Fsp3) is 0.294. The molecule has 0 aromatic heterocycles. The highest BCUT2D eigenvalue weighted by Crippen LogP contribution is 2.31. The van der Waals surface area contributed by atoms with E-state index in [4.69, 9.17) is 4.74 Å². The molecule has 1 unspecified atom stereocenters. The summed E-state index contributed by atoms with van der Waals surface area (Å²) >= 11 is 3.54. The van der Waals surface area contributed by atoms with Crippen molar-refractivity contribution in [3.05, 3.63) is 52.5 Å². The molecule has 0 spiro atoms. The summed E-state index contributed by atoms with van der Waals surface area (Å²) in [5.74, 6) is 0.847. The Bertz CT molecular complexity index is 613. The summed E-state index contributed by atoms with van der Waals surface area (Å²) < 4.78 is 6.24. The van der Waals surface area contributed by atoms with E-state index in [9.17, 15) is 0 Å². The Kier molecular flexibility index (Phi) is 5.12. The number of rotatable bonds is 5. The summed E-state index contributed by atoms with van der Waals surface area (Å²) in [6.45, 7) is 2.15. The van der Waals surface area contributed by atoms with Gasteiger partial charge in [0, 0.05) is 20.1 Å². The monoisotopic (exact) mass is 348 g/mol. The van der Waals surface area contributed by atoms with Gasteiger partial charge in [-0.25, -0.2) is 0 Å². The van der Waals surface area contributed by atoms with Crippen LogP contribution in [0.1, 0.15) is 18.5 Å². The van der Waals surface area contributed by atoms with Gasteiger partial charge in [-0.05, 0) is 52.7 Å². The number of nitrogens with zero attached hydrogens (tertiary/aromatic N) is 1. The van der Waals surface area contributed by atoms with Crippen LogP contribution < -0.4 is 15.0 Å². The maximum Gasteiger partial charge on any atom is 0.133 e. The molecule has 3 nitrogen and oxygen atoms in total. The molecule has 0 saturated heterocycles. The first-order valence-electron chi connectivity index (χ1n) is 6.89. The van der Waals surface area contributed by atoms with E-state index in [2.05, 4.69) is 77.5 Å². The fourth-order valence-electron chi connectivity index (χ4n) is 2.25. The lowest BCUT2D eigenvalue weighted by molar-refractivity contribution is 0.412. The van der Waals surface area contributed by atoms with Crippen molar-refractivity contribution in [2.24, 2.45) is 0 Å². The first-order chi connectivity index (χ1) is 10.0. The average molecular weight is 349 g/mol. The van der Waals surface area contributed by atoms with Gasteiger partial charge < -0.3 is 15.0 Å². The van der Waals surface area contributed by atoms with E-state index in [0.717, 1.165) is 15.9 Å².